The van der Waals surface area contributed by atoms with Gasteiger partial charge in [0.2, 0.25) is 0 Å². The summed E-state index contributed by atoms with van der Waals surface area (Å²) in [4.78, 5) is 15.3. The standard InChI is InChI=1S/C19H26N2O2/c1-13(12-18(22)23)8-10-21-11-9-20-19(21)16(4)17-7-5-6-14(2)15(17)3/h5-7,9,11,13,16H,8,10,12H2,1-4H3,(H,22,23). The van der Waals surface area contributed by atoms with Crippen LogP contribution in [0.2, 0.25) is 0 Å². The van der Waals surface area contributed by atoms with Gasteiger partial charge in [-0.3, -0.25) is 4.79 Å². The maximum atomic E-state index is 10.8. The summed E-state index contributed by atoms with van der Waals surface area (Å²) >= 11 is 0. The predicted molar refractivity (Wildman–Crippen MR) is 91.7 cm³/mol. The summed E-state index contributed by atoms with van der Waals surface area (Å²) in [5.41, 5.74) is 3.91. The first-order chi connectivity index (χ1) is 10.9. The van der Waals surface area contributed by atoms with Gasteiger partial charge in [-0.15, -0.1) is 0 Å². The fourth-order valence-corrected chi connectivity index (χ4v) is 3.03. The topological polar surface area (TPSA) is 55.1 Å². The zero-order valence-electron chi connectivity index (χ0n) is 14.4. The molecule has 2 unspecified atom stereocenters. The number of aromatic nitrogens is 2. The molecule has 0 spiro atoms. The van der Waals surface area contributed by atoms with Gasteiger partial charge in [0.1, 0.15) is 5.82 Å². The highest BCUT2D eigenvalue weighted by Crippen LogP contribution is 2.27. The quantitative estimate of drug-likeness (QED) is 0.835. The normalized spacial score (nSPS) is 13.7. The number of aryl methyl sites for hydroxylation is 2. The molecule has 0 saturated carbocycles. The monoisotopic (exact) mass is 314 g/mol. The van der Waals surface area contributed by atoms with E-state index in [1.165, 1.54) is 16.7 Å². The van der Waals surface area contributed by atoms with Crippen LogP contribution in [0.4, 0.5) is 0 Å². The molecule has 4 heteroatoms. The van der Waals surface area contributed by atoms with E-state index >= 15 is 0 Å². The van der Waals surface area contributed by atoms with Gasteiger partial charge >= 0.3 is 5.97 Å². The van der Waals surface area contributed by atoms with Crippen LogP contribution in [0.3, 0.4) is 0 Å². The third-order valence-corrected chi connectivity index (χ3v) is 4.63. The number of nitrogens with zero attached hydrogens (tertiary/aromatic N) is 2. The van der Waals surface area contributed by atoms with Gasteiger partial charge in [-0.25, -0.2) is 4.98 Å². The first-order valence-corrected chi connectivity index (χ1v) is 8.19. The lowest BCUT2D eigenvalue weighted by atomic mass is 9.93. The van der Waals surface area contributed by atoms with Crippen molar-refractivity contribution >= 4 is 5.97 Å². The minimum Gasteiger partial charge on any atom is -0.481 e. The SMILES string of the molecule is Cc1cccc(C(C)c2nccn2CCC(C)CC(=O)O)c1C. The van der Waals surface area contributed by atoms with E-state index in [9.17, 15) is 4.79 Å². The summed E-state index contributed by atoms with van der Waals surface area (Å²) in [6, 6.07) is 6.39. The minimum atomic E-state index is -0.730. The van der Waals surface area contributed by atoms with E-state index in [1.807, 2.05) is 19.3 Å². The molecule has 0 saturated heterocycles. The van der Waals surface area contributed by atoms with Crippen molar-refractivity contribution in [2.45, 2.75) is 53.0 Å². The Hall–Kier alpha value is -2.10. The number of carboxylic acid groups (broad SMARTS) is 1. The zero-order chi connectivity index (χ0) is 17.0. The van der Waals surface area contributed by atoms with Crippen molar-refractivity contribution in [3.8, 4) is 0 Å². The van der Waals surface area contributed by atoms with Crippen molar-refractivity contribution in [3.63, 3.8) is 0 Å². The van der Waals surface area contributed by atoms with E-state index in [-0.39, 0.29) is 18.3 Å². The molecule has 0 aliphatic heterocycles. The van der Waals surface area contributed by atoms with E-state index in [1.54, 1.807) is 0 Å². The van der Waals surface area contributed by atoms with Crippen LogP contribution in [0.5, 0.6) is 0 Å². The molecule has 23 heavy (non-hydrogen) atoms. The largest absolute Gasteiger partial charge is 0.481 e. The second kappa shape index (κ2) is 7.44. The molecule has 2 aromatic rings. The molecule has 1 aromatic carbocycles. The summed E-state index contributed by atoms with van der Waals surface area (Å²) in [5.74, 6) is 0.701. The molecule has 124 valence electrons. The Bertz CT molecular complexity index is 676. The van der Waals surface area contributed by atoms with E-state index in [2.05, 4.69) is 48.5 Å². The summed E-state index contributed by atoms with van der Waals surface area (Å²) in [6.07, 6.45) is 4.88. The van der Waals surface area contributed by atoms with Gasteiger partial charge < -0.3 is 9.67 Å². The van der Waals surface area contributed by atoms with Crippen LogP contribution in [0, 0.1) is 19.8 Å². The Morgan fingerprint density at radius 3 is 2.74 bits per heavy atom. The maximum absolute atomic E-state index is 10.8. The van der Waals surface area contributed by atoms with Crippen molar-refractivity contribution in [3.05, 3.63) is 53.1 Å². The van der Waals surface area contributed by atoms with Crippen molar-refractivity contribution in [2.24, 2.45) is 5.92 Å². The lowest BCUT2D eigenvalue weighted by Crippen LogP contribution is -2.12. The average Bonchev–Trinajstić information content (AvgIpc) is 2.95. The Labute approximate surface area is 138 Å². The molecule has 0 aliphatic carbocycles. The fourth-order valence-electron chi connectivity index (χ4n) is 3.03. The molecule has 0 amide bonds. The van der Waals surface area contributed by atoms with Gasteiger partial charge in [0.25, 0.3) is 0 Å². The zero-order valence-corrected chi connectivity index (χ0v) is 14.4. The molecule has 4 nitrogen and oxygen atoms in total. The highest BCUT2D eigenvalue weighted by atomic mass is 16.4. The number of carbonyl (C=O) groups is 1. The smallest absolute Gasteiger partial charge is 0.303 e. The van der Waals surface area contributed by atoms with Crippen LogP contribution in [-0.4, -0.2) is 20.6 Å². The maximum Gasteiger partial charge on any atom is 0.303 e. The van der Waals surface area contributed by atoms with Gasteiger partial charge in [0, 0.05) is 31.3 Å². The van der Waals surface area contributed by atoms with E-state index in [0.29, 0.717) is 0 Å². The molecule has 1 heterocycles. The van der Waals surface area contributed by atoms with Crippen LogP contribution >= 0.6 is 0 Å². The lowest BCUT2D eigenvalue weighted by molar-refractivity contribution is -0.138. The molecule has 0 aliphatic rings. The first-order valence-electron chi connectivity index (χ1n) is 8.19. The Morgan fingerprint density at radius 2 is 2.04 bits per heavy atom. The molecule has 2 rings (SSSR count). The number of hydrogen-bond donors (Lipinski definition) is 1. The second-order valence-corrected chi connectivity index (χ2v) is 6.48. The van der Waals surface area contributed by atoms with Crippen LogP contribution < -0.4 is 0 Å². The van der Waals surface area contributed by atoms with Gasteiger partial charge in [-0.2, -0.15) is 0 Å². The number of imidazole rings is 1. The van der Waals surface area contributed by atoms with Crippen LogP contribution in [0.15, 0.2) is 30.6 Å². The number of rotatable bonds is 7. The molecule has 0 fully saturated rings. The van der Waals surface area contributed by atoms with Gasteiger partial charge in [0.05, 0.1) is 0 Å². The molecule has 2 atom stereocenters. The molecule has 0 bridgehead atoms. The Balaban J connectivity index is 2.14. The van der Waals surface area contributed by atoms with Crippen molar-refractivity contribution in [1.82, 2.24) is 9.55 Å². The first kappa shape index (κ1) is 17.3. The number of aliphatic carboxylic acids is 1. The summed E-state index contributed by atoms with van der Waals surface area (Å²) < 4.78 is 2.16. The summed E-state index contributed by atoms with van der Waals surface area (Å²) in [7, 11) is 0. The molecule has 1 aromatic heterocycles. The molecule has 1 N–H and O–H groups in total. The minimum absolute atomic E-state index is 0.166. The Kier molecular flexibility index (Phi) is 5.59. The van der Waals surface area contributed by atoms with E-state index in [0.717, 1.165) is 18.8 Å². The van der Waals surface area contributed by atoms with Crippen molar-refractivity contribution in [1.29, 1.82) is 0 Å². The van der Waals surface area contributed by atoms with Gasteiger partial charge in [-0.05, 0) is 42.9 Å². The van der Waals surface area contributed by atoms with Gasteiger partial charge in [0.15, 0.2) is 0 Å². The summed E-state index contributed by atoms with van der Waals surface area (Å²) in [5, 5.41) is 8.87. The van der Waals surface area contributed by atoms with E-state index in [4.69, 9.17) is 5.11 Å². The third kappa shape index (κ3) is 4.21. The second-order valence-electron chi connectivity index (χ2n) is 6.48. The van der Waals surface area contributed by atoms with Crippen LogP contribution in [0.1, 0.15) is 55.1 Å². The third-order valence-electron chi connectivity index (χ3n) is 4.63. The molecular weight excluding hydrogens is 288 g/mol. The predicted octanol–water partition coefficient (Wildman–Crippen LogP) is 4.15. The Morgan fingerprint density at radius 1 is 1.30 bits per heavy atom. The summed E-state index contributed by atoms with van der Waals surface area (Å²) in [6.45, 7) is 9.26. The molecule has 0 radical (unpaired) electrons. The van der Waals surface area contributed by atoms with Crippen molar-refractivity contribution in [2.75, 3.05) is 0 Å². The molecular formula is C19H26N2O2. The average molecular weight is 314 g/mol. The van der Waals surface area contributed by atoms with Gasteiger partial charge in [-0.1, -0.05) is 32.0 Å². The fraction of sp³-hybridized carbons (Fsp3) is 0.474. The van der Waals surface area contributed by atoms with Crippen LogP contribution in [-0.2, 0) is 11.3 Å². The van der Waals surface area contributed by atoms with Crippen molar-refractivity contribution < 1.29 is 9.90 Å². The lowest BCUT2D eigenvalue weighted by Gasteiger charge is -2.18. The number of benzene rings is 1. The van der Waals surface area contributed by atoms with Crippen LogP contribution in [0.25, 0.3) is 0 Å². The highest BCUT2D eigenvalue weighted by molar-refractivity contribution is 5.66. The number of carboxylic acids is 1. The number of hydrogen-bond acceptors (Lipinski definition) is 2. The van der Waals surface area contributed by atoms with E-state index < -0.39 is 5.97 Å². The highest BCUT2D eigenvalue weighted by Gasteiger charge is 2.17.